The second kappa shape index (κ2) is 8.32. The van der Waals surface area contributed by atoms with Gasteiger partial charge in [0.2, 0.25) is 0 Å². The first-order valence-corrected chi connectivity index (χ1v) is 10.0. The van der Waals surface area contributed by atoms with Crippen LogP contribution in [0.2, 0.25) is 0 Å². The SMILES string of the molecule is c1cc(N2CCN(CC3CCCCC3)CC2)nnc1N1CCOCC1. The standard InChI is InChI=1S/C19H31N5O/c1-2-4-17(5-3-1)16-22-8-10-23(11-9-22)18-6-7-19(21-20-18)24-12-14-25-15-13-24/h6-7,17H,1-5,8-16H2. The van der Waals surface area contributed by atoms with Crippen LogP contribution in [0.1, 0.15) is 32.1 Å². The highest BCUT2D eigenvalue weighted by atomic mass is 16.5. The summed E-state index contributed by atoms with van der Waals surface area (Å²) in [5.74, 6) is 2.94. The number of ether oxygens (including phenoxy) is 1. The van der Waals surface area contributed by atoms with Gasteiger partial charge >= 0.3 is 0 Å². The van der Waals surface area contributed by atoms with Crippen molar-refractivity contribution >= 4 is 11.6 Å². The van der Waals surface area contributed by atoms with Crippen molar-refractivity contribution in [2.75, 3.05) is 68.8 Å². The summed E-state index contributed by atoms with van der Waals surface area (Å²) in [7, 11) is 0. The molecule has 3 fully saturated rings. The Hall–Kier alpha value is -1.40. The van der Waals surface area contributed by atoms with Crippen LogP contribution in [0.5, 0.6) is 0 Å². The molecule has 6 heteroatoms. The van der Waals surface area contributed by atoms with E-state index in [9.17, 15) is 0 Å². The van der Waals surface area contributed by atoms with Gasteiger partial charge in [0.05, 0.1) is 13.2 Å². The molecule has 0 bridgehead atoms. The van der Waals surface area contributed by atoms with E-state index < -0.39 is 0 Å². The monoisotopic (exact) mass is 345 g/mol. The van der Waals surface area contributed by atoms with Gasteiger partial charge in [0.15, 0.2) is 11.6 Å². The fraction of sp³-hybridized carbons (Fsp3) is 0.789. The molecule has 2 saturated heterocycles. The zero-order valence-corrected chi connectivity index (χ0v) is 15.3. The van der Waals surface area contributed by atoms with Gasteiger partial charge in [-0.1, -0.05) is 19.3 Å². The van der Waals surface area contributed by atoms with Crippen molar-refractivity contribution < 1.29 is 4.74 Å². The summed E-state index contributed by atoms with van der Waals surface area (Å²) in [5.41, 5.74) is 0. The molecule has 2 aliphatic heterocycles. The maximum Gasteiger partial charge on any atom is 0.151 e. The molecule has 1 aliphatic carbocycles. The minimum absolute atomic E-state index is 0.784. The number of aromatic nitrogens is 2. The van der Waals surface area contributed by atoms with E-state index in [2.05, 4.69) is 37.0 Å². The first kappa shape index (κ1) is 17.0. The summed E-state index contributed by atoms with van der Waals surface area (Å²) in [4.78, 5) is 7.29. The Morgan fingerprint density at radius 3 is 2.00 bits per heavy atom. The smallest absolute Gasteiger partial charge is 0.151 e. The van der Waals surface area contributed by atoms with Crippen LogP contribution in [0.25, 0.3) is 0 Å². The lowest BCUT2D eigenvalue weighted by molar-refractivity contribution is 0.122. The van der Waals surface area contributed by atoms with E-state index in [1.54, 1.807) is 0 Å². The summed E-state index contributed by atoms with van der Waals surface area (Å²) >= 11 is 0. The van der Waals surface area contributed by atoms with Crippen LogP contribution in [0.4, 0.5) is 11.6 Å². The Morgan fingerprint density at radius 2 is 1.40 bits per heavy atom. The van der Waals surface area contributed by atoms with Crippen LogP contribution >= 0.6 is 0 Å². The van der Waals surface area contributed by atoms with Crippen molar-refractivity contribution in [2.24, 2.45) is 5.92 Å². The van der Waals surface area contributed by atoms with Gasteiger partial charge in [0.1, 0.15) is 0 Å². The first-order chi connectivity index (χ1) is 12.4. The number of nitrogens with zero attached hydrogens (tertiary/aromatic N) is 5. The van der Waals surface area contributed by atoms with Gasteiger partial charge in [-0.25, -0.2) is 0 Å². The van der Waals surface area contributed by atoms with Crippen molar-refractivity contribution in [1.29, 1.82) is 0 Å². The van der Waals surface area contributed by atoms with E-state index >= 15 is 0 Å². The fourth-order valence-corrected chi connectivity index (χ4v) is 4.34. The molecule has 0 aromatic carbocycles. The zero-order valence-electron chi connectivity index (χ0n) is 15.3. The molecule has 0 radical (unpaired) electrons. The maximum absolute atomic E-state index is 5.40. The number of hydrogen-bond donors (Lipinski definition) is 0. The van der Waals surface area contributed by atoms with Gasteiger partial charge in [-0.15, -0.1) is 10.2 Å². The van der Waals surface area contributed by atoms with E-state index in [0.29, 0.717) is 0 Å². The van der Waals surface area contributed by atoms with Crippen LogP contribution in [0.15, 0.2) is 12.1 Å². The number of morpholine rings is 1. The van der Waals surface area contributed by atoms with Crippen molar-refractivity contribution in [3.8, 4) is 0 Å². The third-order valence-corrected chi connectivity index (χ3v) is 5.91. The number of piperazine rings is 1. The molecule has 1 aromatic rings. The molecule has 0 atom stereocenters. The molecule has 4 rings (SSSR count). The Bertz CT molecular complexity index is 517. The van der Waals surface area contributed by atoms with Crippen LogP contribution in [-0.4, -0.2) is 74.1 Å². The van der Waals surface area contributed by atoms with E-state index in [1.165, 1.54) is 38.6 Å². The number of anilines is 2. The van der Waals surface area contributed by atoms with E-state index in [0.717, 1.165) is 70.0 Å². The minimum Gasteiger partial charge on any atom is -0.378 e. The van der Waals surface area contributed by atoms with Gasteiger partial charge < -0.3 is 14.5 Å². The molecule has 0 N–H and O–H groups in total. The van der Waals surface area contributed by atoms with Gasteiger partial charge in [0, 0.05) is 45.8 Å². The molecular weight excluding hydrogens is 314 g/mol. The highest BCUT2D eigenvalue weighted by molar-refractivity contribution is 5.45. The highest BCUT2D eigenvalue weighted by Crippen LogP contribution is 2.25. The quantitative estimate of drug-likeness (QED) is 0.832. The highest BCUT2D eigenvalue weighted by Gasteiger charge is 2.22. The summed E-state index contributed by atoms with van der Waals surface area (Å²) < 4.78 is 5.40. The van der Waals surface area contributed by atoms with Crippen molar-refractivity contribution in [2.45, 2.75) is 32.1 Å². The van der Waals surface area contributed by atoms with Gasteiger partial charge in [-0.3, -0.25) is 4.90 Å². The summed E-state index contributed by atoms with van der Waals surface area (Å²) in [6.45, 7) is 9.14. The lowest BCUT2D eigenvalue weighted by Gasteiger charge is -2.37. The molecule has 25 heavy (non-hydrogen) atoms. The topological polar surface area (TPSA) is 44.7 Å². The Kier molecular flexibility index (Phi) is 5.67. The van der Waals surface area contributed by atoms with Crippen LogP contribution in [0.3, 0.4) is 0 Å². The van der Waals surface area contributed by atoms with Crippen molar-refractivity contribution in [3.05, 3.63) is 12.1 Å². The summed E-state index contributed by atoms with van der Waals surface area (Å²) in [6, 6.07) is 4.25. The molecule has 0 amide bonds. The Morgan fingerprint density at radius 1 is 0.800 bits per heavy atom. The van der Waals surface area contributed by atoms with Gasteiger partial charge in [0.25, 0.3) is 0 Å². The number of hydrogen-bond acceptors (Lipinski definition) is 6. The largest absolute Gasteiger partial charge is 0.378 e. The maximum atomic E-state index is 5.40. The summed E-state index contributed by atoms with van der Waals surface area (Å²) in [6.07, 6.45) is 7.21. The lowest BCUT2D eigenvalue weighted by Crippen LogP contribution is -2.48. The molecule has 0 unspecified atom stereocenters. The second-order valence-corrected chi connectivity index (χ2v) is 7.64. The molecule has 1 saturated carbocycles. The van der Waals surface area contributed by atoms with Crippen LogP contribution in [0, 0.1) is 5.92 Å². The van der Waals surface area contributed by atoms with Crippen molar-refractivity contribution in [3.63, 3.8) is 0 Å². The predicted molar refractivity (Wildman–Crippen MR) is 100 cm³/mol. The number of rotatable bonds is 4. The van der Waals surface area contributed by atoms with Crippen LogP contribution in [-0.2, 0) is 4.74 Å². The van der Waals surface area contributed by atoms with Gasteiger partial charge in [-0.05, 0) is 30.9 Å². The van der Waals surface area contributed by atoms with E-state index in [1.807, 2.05) is 0 Å². The molecule has 1 aromatic heterocycles. The predicted octanol–water partition coefficient (Wildman–Crippen LogP) is 2.02. The fourth-order valence-electron chi connectivity index (χ4n) is 4.34. The molecular formula is C19H31N5O. The first-order valence-electron chi connectivity index (χ1n) is 10.0. The third kappa shape index (κ3) is 4.42. The van der Waals surface area contributed by atoms with E-state index in [4.69, 9.17) is 4.74 Å². The van der Waals surface area contributed by atoms with Crippen LogP contribution < -0.4 is 9.80 Å². The van der Waals surface area contributed by atoms with Crippen molar-refractivity contribution in [1.82, 2.24) is 15.1 Å². The summed E-state index contributed by atoms with van der Waals surface area (Å²) in [5, 5.41) is 8.95. The molecule has 3 aliphatic rings. The molecule has 3 heterocycles. The van der Waals surface area contributed by atoms with Gasteiger partial charge in [-0.2, -0.15) is 0 Å². The molecule has 138 valence electrons. The third-order valence-electron chi connectivity index (χ3n) is 5.91. The Balaban J connectivity index is 1.27. The minimum atomic E-state index is 0.784. The average molecular weight is 345 g/mol. The molecule has 0 spiro atoms. The lowest BCUT2D eigenvalue weighted by atomic mass is 9.89. The molecule has 6 nitrogen and oxygen atoms in total. The van der Waals surface area contributed by atoms with E-state index in [-0.39, 0.29) is 0 Å². The average Bonchev–Trinajstić information content (AvgIpc) is 2.70. The zero-order chi connectivity index (χ0) is 16.9. The second-order valence-electron chi connectivity index (χ2n) is 7.64. The normalized spacial score (nSPS) is 23.8. The Labute approximate surface area is 151 Å².